The van der Waals surface area contributed by atoms with Crippen molar-refractivity contribution >= 4 is 11.8 Å². The van der Waals surface area contributed by atoms with E-state index in [-0.39, 0.29) is 36.1 Å². The van der Waals surface area contributed by atoms with E-state index in [2.05, 4.69) is 0 Å². The molecule has 2 amide bonds. The molecule has 0 atom stereocenters. The summed E-state index contributed by atoms with van der Waals surface area (Å²) in [5.74, 6) is 1.28. The number of benzene rings is 1. The lowest BCUT2D eigenvalue weighted by molar-refractivity contribution is -0.144. The second-order valence-electron chi connectivity index (χ2n) is 8.92. The highest BCUT2D eigenvalue weighted by Gasteiger charge is 2.38. The van der Waals surface area contributed by atoms with Crippen molar-refractivity contribution in [2.24, 2.45) is 5.92 Å². The molecule has 1 aromatic carbocycles. The number of halogens is 1. The predicted octanol–water partition coefficient (Wildman–Crippen LogP) is 4.83. The van der Waals surface area contributed by atoms with Gasteiger partial charge in [0.05, 0.1) is 6.54 Å². The van der Waals surface area contributed by atoms with Crippen molar-refractivity contribution in [3.63, 3.8) is 0 Å². The second-order valence-corrected chi connectivity index (χ2v) is 8.92. The molecule has 0 saturated heterocycles. The summed E-state index contributed by atoms with van der Waals surface area (Å²) in [6.07, 6.45) is 7.19. The number of hydrogen-bond acceptors (Lipinski definition) is 3. The van der Waals surface area contributed by atoms with Crippen LogP contribution in [-0.2, 0) is 22.7 Å². The van der Waals surface area contributed by atoms with Gasteiger partial charge < -0.3 is 14.2 Å². The molecule has 2 aliphatic carbocycles. The van der Waals surface area contributed by atoms with Gasteiger partial charge in [-0.25, -0.2) is 4.39 Å². The van der Waals surface area contributed by atoms with Crippen LogP contribution in [0.3, 0.4) is 0 Å². The molecule has 31 heavy (non-hydrogen) atoms. The van der Waals surface area contributed by atoms with E-state index in [0.29, 0.717) is 18.8 Å². The number of carbonyl (C=O) groups excluding carboxylic acids is 2. The molecule has 1 aromatic heterocycles. The molecule has 1 heterocycles. The molecule has 6 heteroatoms. The topological polar surface area (TPSA) is 53.8 Å². The van der Waals surface area contributed by atoms with Gasteiger partial charge in [0.2, 0.25) is 11.8 Å². The SMILES string of the molecule is Cc1ccc(CN(Cc2ccc(F)cc2)C(=O)CN(C(=O)C2CCCCC2)C2CC2)o1. The quantitative estimate of drug-likeness (QED) is 0.608. The molecule has 5 nitrogen and oxygen atoms in total. The standard InChI is InChI=1S/C25H31FN2O3/c1-18-7-14-23(31-18)16-27(15-19-8-10-21(26)11-9-19)24(29)17-28(22-12-13-22)25(30)20-5-3-2-4-6-20/h7-11,14,20,22H,2-6,12-13,15-17H2,1H3. The predicted molar refractivity (Wildman–Crippen MR) is 115 cm³/mol. The fourth-order valence-electron chi connectivity index (χ4n) is 4.40. The first kappa shape index (κ1) is 21.6. The Hall–Kier alpha value is -2.63. The lowest BCUT2D eigenvalue weighted by Crippen LogP contribution is -2.46. The molecular formula is C25H31FN2O3. The van der Waals surface area contributed by atoms with Crippen LogP contribution >= 0.6 is 0 Å². The molecule has 2 saturated carbocycles. The largest absolute Gasteiger partial charge is 0.464 e. The van der Waals surface area contributed by atoms with Crippen LogP contribution in [0.25, 0.3) is 0 Å². The van der Waals surface area contributed by atoms with E-state index in [0.717, 1.165) is 49.8 Å². The van der Waals surface area contributed by atoms with Crippen LogP contribution in [0.2, 0.25) is 0 Å². The zero-order valence-corrected chi connectivity index (χ0v) is 18.2. The Kier molecular flexibility index (Phi) is 6.73. The number of nitrogens with zero attached hydrogens (tertiary/aromatic N) is 2. The Morgan fingerprint density at radius 1 is 0.968 bits per heavy atom. The van der Waals surface area contributed by atoms with Crippen molar-refractivity contribution in [1.29, 1.82) is 0 Å². The molecule has 0 radical (unpaired) electrons. The summed E-state index contributed by atoms with van der Waals surface area (Å²) in [5.41, 5.74) is 0.842. The molecule has 0 spiro atoms. The van der Waals surface area contributed by atoms with E-state index in [1.165, 1.54) is 18.6 Å². The summed E-state index contributed by atoms with van der Waals surface area (Å²) in [5, 5.41) is 0. The minimum atomic E-state index is -0.304. The highest BCUT2D eigenvalue weighted by Crippen LogP contribution is 2.32. The highest BCUT2D eigenvalue weighted by molar-refractivity contribution is 5.86. The first-order valence-corrected chi connectivity index (χ1v) is 11.4. The average molecular weight is 427 g/mol. The second kappa shape index (κ2) is 9.67. The smallest absolute Gasteiger partial charge is 0.242 e. The maximum Gasteiger partial charge on any atom is 0.242 e. The zero-order chi connectivity index (χ0) is 21.8. The molecule has 0 aliphatic heterocycles. The van der Waals surface area contributed by atoms with Crippen molar-refractivity contribution < 1.29 is 18.4 Å². The molecule has 166 valence electrons. The van der Waals surface area contributed by atoms with Crippen LogP contribution in [0.1, 0.15) is 62.0 Å². The van der Waals surface area contributed by atoms with Crippen LogP contribution in [0.15, 0.2) is 40.8 Å². The maximum atomic E-state index is 13.4. The Morgan fingerprint density at radius 3 is 2.29 bits per heavy atom. The molecule has 0 unspecified atom stereocenters. The van der Waals surface area contributed by atoms with Gasteiger partial charge in [0.25, 0.3) is 0 Å². The van der Waals surface area contributed by atoms with E-state index in [9.17, 15) is 14.0 Å². The number of rotatable bonds is 8. The zero-order valence-electron chi connectivity index (χ0n) is 18.2. The summed E-state index contributed by atoms with van der Waals surface area (Å²) >= 11 is 0. The van der Waals surface area contributed by atoms with Gasteiger partial charge in [0, 0.05) is 18.5 Å². The van der Waals surface area contributed by atoms with Crippen molar-refractivity contribution in [2.45, 2.75) is 71.0 Å². The van der Waals surface area contributed by atoms with E-state index in [1.807, 2.05) is 24.0 Å². The summed E-state index contributed by atoms with van der Waals surface area (Å²) in [6, 6.07) is 10.1. The fraction of sp³-hybridized carbons (Fsp3) is 0.520. The Labute approximate surface area is 183 Å². The number of carbonyl (C=O) groups is 2. The van der Waals surface area contributed by atoms with Gasteiger partial charge in [-0.05, 0) is 62.4 Å². The van der Waals surface area contributed by atoms with Gasteiger partial charge in [0.15, 0.2) is 0 Å². The first-order valence-electron chi connectivity index (χ1n) is 11.4. The van der Waals surface area contributed by atoms with Crippen LogP contribution < -0.4 is 0 Å². The lowest BCUT2D eigenvalue weighted by atomic mass is 9.88. The summed E-state index contributed by atoms with van der Waals surface area (Å²) in [4.78, 5) is 30.1. The summed E-state index contributed by atoms with van der Waals surface area (Å²) in [7, 11) is 0. The number of furan rings is 1. The van der Waals surface area contributed by atoms with E-state index < -0.39 is 0 Å². The normalized spacial score (nSPS) is 16.8. The number of aryl methyl sites for hydroxylation is 1. The third kappa shape index (κ3) is 5.75. The minimum absolute atomic E-state index is 0.0559. The van der Waals surface area contributed by atoms with E-state index >= 15 is 0 Å². The van der Waals surface area contributed by atoms with E-state index in [4.69, 9.17) is 4.42 Å². The Bertz CT molecular complexity index is 898. The van der Waals surface area contributed by atoms with Crippen molar-refractivity contribution in [3.05, 3.63) is 59.3 Å². The van der Waals surface area contributed by atoms with Crippen molar-refractivity contribution in [1.82, 2.24) is 9.80 Å². The van der Waals surface area contributed by atoms with Gasteiger partial charge >= 0.3 is 0 Å². The third-order valence-corrected chi connectivity index (χ3v) is 6.31. The number of amides is 2. The van der Waals surface area contributed by atoms with Crippen molar-refractivity contribution in [2.75, 3.05) is 6.54 Å². The minimum Gasteiger partial charge on any atom is -0.464 e. The van der Waals surface area contributed by atoms with E-state index in [1.54, 1.807) is 17.0 Å². The molecule has 0 bridgehead atoms. The van der Waals surface area contributed by atoms with Gasteiger partial charge in [-0.3, -0.25) is 9.59 Å². The maximum absolute atomic E-state index is 13.4. The average Bonchev–Trinajstić information content (AvgIpc) is 3.54. The summed E-state index contributed by atoms with van der Waals surface area (Å²) < 4.78 is 19.0. The molecule has 2 aliphatic rings. The molecule has 2 fully saturated rings. The third-order valence-electron chi connectivity index (χ3n) is 6.31. The van der Waals surface area contributed by atoms with Crippen molar-refractivity contribution in [3.8, 4) is 0 Å². The van der Waals surface area contributed by atoms with Gasteiger partial charge in [-0.1, -0.05) is 31.4 Å². The van der Waals surface area contributed by atoms with Crippen LogP contribution in [-0.4, -0.2) is 34.2 Å². The lowest BCUT2D eigenvalue weighted by Gasteiger charge is -2.31. The summed E-state index contributed by atoms with van der Waals surface area (Å²) in [6.45, 7) is 2.63. The van der Waals surface area contributed by atoms with Gasteiger partial charge in [-0.15, -0.1) is 0 Å². The molecule has 2 aromatic rings. The number of hydrogen-bond donors (Lipinski definition) is 0. The fourth-order valence-corrected chi connectivity index (χ4v) is 4.40. The molecule has 0 N–H and O–H groups in total. The molecule has 4 rings (SSSR count). The Morgan fingerprint density at radius 2 is 1.68 bits per heavy atom. The van der Waals surface area contributed by atoms with Gasteiger partial charge in [-0.2, -0.15) is 0 Å². The van der Waals surface area contributed by atoms with Crippen LogP contribution in [0.4, 0.5) is 4.39 Å². The van der Waals surface area contributed by atoms with Crippen LogP contribution in [0, 0.1) is 18.7 Å². The molecular weight excluding hydrogens is 395 g/mol. The highest BCUT2D eigenvalue weighted by atomic mass is 19.1. The van der Waals surface area contributed by atoms with Crippen LogP contribution in [0.5, 0.6) is 0 Å². The monoisotopic (exact) mass is 426 g/mol. The van der Waals surface area contributed by atoms with Gasteiger partial charge in [0.1, 0.15) is 23.9 Å². The first-order chi connectivity index (χ1) is 15.0. The Balaban J connectivity index is 1.48.